The van der Waals surface area contributed by atoms with Gasteiger partial charge in [0.25, 0.3) is 0 Å². The number of hydrogen-bond donors (Lipinski definition) is 2. The Morgan fingerprint density at radius 1 is 0.969 bits per heavy atom. The van der Waals surface area contributed by atoms with Crippen molar-refractivity contribution in [1.82, 2.24) is 9.88 Å². The average molecular weight is 448 g/mol. The third-order valence-electron chi connectivity index (χ3n) is 5.83. The molecule has 4 aromatic rings. The van der Waals surface area contributed by atoms with Crippen LogP contribution in [0.4, 0.5) is 10.5 Å². The van der Waals surface area contributed by atoms with Crippen LogP contribution in [0, 0.1) is 0 Å². The minimum absolute atomic E-state index is 0.123. The largest absolute Gasteiger partial charge is 0.495 e. The smallest absolute Gasteiger partial charge is 0.322 e. The van der Waals surface area contributed by atoms with Crippen molar-refractivity contribution in [3.05, 3.63) is 76.9 Å². The number of para-hydroxylation sites is 1. The Hall–Kier alpha value is -3.64. The molecule has 162 valence electrons. The van der Waals surface area contributed by atoms with Gasteiger partial charge in [0, 0.05) is 30.2 Å². The molecule has 0 spiro atoms. The summed E-state index contributed by atoms with van der Waals surface area (Å²) in [7, 11) is 3.16. The number of fused-ring (bicyclic) bond motifs is 2. The van der Waals surface area contributed by atoms with Gasteiger partial charge in [-0.3, -0.25) is 0 Å². The molecule has 1 aromatic heterocycles. The van der Waals surface area contributed by atoms with Crippen molar-refractivity contribution >= 4 is 34.2 Å². The molecular formula is C25H22ClN3O3. The highest BCUT2D eigenvalue weighted by molar-refractivity contribution is 6.33. The number of hydrogen-bond acceptors (Lipinski definition) is 3. The zero-order chi connectivity index (χ0) is 22.2. The summed E-state index contributed by atoms with van der Waals surface area (Å²) in [5.74, 6) is 1.11. The normalized spacial score (nSPS) is 12.7. The molecule has 32 heavy (non-hydrogen) atoms. The summed E-state index contributed by atoms with van der Waals surface area (Å²) in [4.78, 5) is 17.9. The van der Waals surface area contributed by atoms with E-state index < -0.39 is 0 Å². The van der Waals surface area contributed by atoms with E-state index in [-0.39, 0.29) is 6.03 Å². The molecule has 0 saturated carbocycles. The Morgan fingerprint density at radius 2 is 1.69 bits per heavy atom. The first-order valence-electron chi connectivity index (χ1n) is 10.2. The van der Waals surface area contributed by atoms with Crippen molar-refractivity contribution in [2.24, 2.45) is 0 Å². The highest BCUT2D eigenvalue weighted by atomic mass is 35.5. The maximum absolute atomic E-state index is 12.9. The zero-order valence-corrected chi connectivity index (χ0v) is 18.5. The average Bonchev–Trinajstić information content (AvgIpc) is 3.43. The van der Waals surface area contributed by atoms with Crippen LogP contribution in [-0.4, -0.2) is 30.1 Å². The van der Waals surface area contributed by atoms with Crippen LogP contribution in [0.5, 0.6) is 11.5 Å². The van der Waals surface area contributed by atoms with E-state index in [2.05, 4.69) is 22.4 Å². The molecule has 1 aliphatic rings. The summed E-state index contributed by atoms with van der Waals surface area (Å²) in [6, 6.07) is 17.8. The summed E-state index contributed by atoms with van der Waals surface area (Å²) in [5, 5.41) is 4.47. The first kappa shape index (κ1) is 20.3. The fourth-order valence-electron chi connectivity index (χ4n) is 4.12. The number of amides is 2. The van der Waals surface area contributed by atoms with Crippen LogP contribution in [0.25, 0.3) is 22.0 Å². The summed E-state index contributed by atoms with van der Waals surface area (Å²) < 4.78 is 10.8. The van der Waals surface area contributed by atoms with Crippen LogP contribution in [0.1, 0.15) is 11.1 Å². The molecule has 0 bridgehead atoms. The number of ether oxygens (including phenoxy) is 2. The minimum Gasteiger partial charge on any atom is -0.495 e. The SMILES string of the molecule is COc1cc(-c2ccc3c(c2)CN(C(=O)Nc2c[nH]c4ccccc24)C3)cc(OC)c1Cl. The van der Waals surface area contributed by atoms with Gasteiger partial charge in [-0.25, -0.2) is 4.79 Å². The Kier molecular flexibility index (Phi) is 5.15. The second-order valence-corrected chi connectivity index (χ2v) is 8.09. The molecular weight excluding hydrogens is 426 g/mol. The van der Waals surface area contributed by atoms with E-state index in [0.29, 0.717) is 29.6 Å². The minimum atomic E-state index is -0.123. The Labute approximate surface area is 190 Å². The maximum Gasteiger partial charge on any atom is 0.322 e. The molecule has 0 unspecified atom stereocenters. The summed E-state index contributed by atoms with van der Waals surface area (Å²) in [6.07, 6.45) is 1.82. The number of halogens is 1. The van der Waals surface area contributed by atoms with Crippen LogP contribution in [0.2, 0.25) is 5.02 Å². The molecule has 0 fully saturated rings. The van der Waals surface area contributed by atoms with Crippen molar-refractivity contribution in [2.45, 2.75) is 13.1 Å². The summed E-state index contributed by atoms with van der Waals surface area (Å²) in [5.41, 5.74) is 5.97. The standard InChI is InChI=1S/C25H22ClN3O3/c1-31-22-10-17(11-23(32-2)24(22)26)15-7-8-16-13-29(14-18(16)9-15)25(30)28-21-12-27-20-6-4-3-5-19(20)21/h3-12,27H,13-14H2,1-2H3,(H,28,30). The van der Waals surface area contributed by atoms with E-state index >= 15 is 0 Å². The van der Waals surface area contributed by atoms with Crippen LogP contribution >= 0.6 is 11.6 Å². The molecule has 0 atom stereocenters. The number of carbonyl (C=O) groups excluding carboxylic acids is 1. The van der Waals surface area contributed by atoms with Gasteiger partial charge in [-0.1, -0.05) is 41.9 Å². The first-order valence-corrected chi connectivity index (χ1v) is 10.6. The van der Waals surface area contributed by atoms with Gasteiger partial charge in [0.2, 0.25) is 0 Å². The molecule has 2 N–H and O–H groups in total. The molecule has 0 saturated heterocycles. The highest BCUT2D eigenvalue weighted by Crippen LogP contribution is 2.39. The third kappa shape index (κ3) is 3.52. The van der Waals surface area contributed by atoms with Gasteiger partial charge >= 0.3 is 6.03 Å². The number of nitrogens with one attached hydrogen (secondary N) is 2. The Morgan fingerprint density at radius 3 is 2.44 bits per heavy atom. The van der Waals surface area contributed by atoms with Gasteiger partial charge in [0.15, 0.2) is 0 Å². The van der Waals surface area contributed by atoms with Gasteiger partial charge in [-0.2, -0.15) is 0 Å². The number of rotatable bonds is 4. The van der Waals surface area contributed by atoms with Gasteiger partial charge in [0.1, 0.15) is 16.5 Å². The first-order chi connectivity index (χ1) is 15.6. The summed E-state index contributed by atoms with van der Waals surface area (Å²) >= 11 is 6.31. The predicted octanol–water partition coefficient (Wildman–Crippen LogP) is 6.05. The molecule has 3 aromatic carbocycles. The number of aromatic nitrogens is 1. The van der Waals surface area contributed by atoms with Crippen molar-refractivity contribution in [3.63, 3.8) is 0 Å². The van der Waals surface area contributed by atoms with Crippen molar-refractivity contribution < 1.29 is 14.3 Å². The lowest BCUT2D eigenvalue weighted by molar-refractivity contribution is 0.212. The number of nitrogens with zero attached hydrogens (tertiary/aromatic N) is 1. The second kappa shape index (κ2) is 8.13. The van der Waals surface area contributed by atoms with Crippen molar-refractivity contribution in [1.29, 1.82) is 0 Å². The zero-order valence-electron chi connectivity index (χ0n) is 17.7. The fraction of sp³-hybridized carbons (Fsp3) is 0.160. The number of benzene rings is 3. The van der Waals surface area contributed by atoms with Crippen LogP contribution in [-0.2, 0) is 13.1 Å². The van der Waals surface area contributed by atoms with E-state index in [1.54, 1.807) is 19.1 Å². The van der Waals surface area contributed by atoms with Crippen LogP contribution < -0.4 is 14.8 Å². The van der Waals surface area contributed by atoms with Crippen molar-refractivity contribution in [3.8, 4) is 22.6 Å². The van der Waals surface area contributed by atoms with E-state index in [0.717, 1.165) is 38.8 Å². The van der Waals surface area contributed by atoms with Crippen LogP contribution in [0.3, 0.4) is 0 Å². The van der Waals surface area contributed by atoms with Gasteiger partial charge in [-0.15, -0.1) is 0 Å². The second-order valence-electron chi connectivity index (χ2n) is 7.71. The quantitative estimate of drug-likeness (QED) is 0.400. The van der Waals surface area contributed by atoms with E-state index in [1.807, 2.05) is 48.7 Å². The lowest BCUT2D eigenvalue weighted by Gasteiger charge is -2.16. The number of urea groups is 1. The molecule has 2 amide bonds. The molecule has 6 nitrogen and oxygen atoms in total. The number of H-pyrrole nitrogens is 1. The van der Waals surface area contributed by atoms with E-state index in [4.69, 9.17) is 21.1 Å². The Bertz CT molecular complexity index is 1310. The van der Waals surface area contributed by atoms with Gasteiger partial charge in [-0.05, 0) is 46.5 Å². The number of anilines is 1. The van der Waals surface area contributed by atoms with Gasteiger partial charge < -0.3 is 24.7 Å². The van der Waals surface area contributed by atoms with Crippen molar-refractivity contribution in [2.75, 3.05) is 19.5 Å². The fourth-order valence-corrected chi connectivity index (χ4v) is 4.39. The topological polar surface area (TPSA) is 66.6 Å². The highest BCUT2D eigenvalue weighted by Gasteiger charge is 2.24. The number of methoxy groups -OCH3 is 2. The molecule has 1 aliphatic heterocycles. The lowest BCUT2D eigenvalue weighted by Crippen LogP contribution is -2.30. The van der Waals surface area contributed by atoms with Gasteiger partial charge in [0.05, 0.1) is 19.9 Å². The Balaban J connectivity index is 1.37. The molecule has 7 heteroatoms. The predicted molar refractivity (Wildman–Crippen MR) is 127 cm³/mol. The third-order valence-corrected chi connectivity index (χ3v) is 6.20. The van der Waals surface area contributed by atoms with E-state index in [9.17, 15) is 4.79 Å². The van der Waals surface area contributed by atoms with E-state index in [1.165, 1.54) is 0 Å². The molecule has 0 radical (unpaired) electrons. The number of aromatic amines is 1. The van der Waals surface area contributed by atoms with Crippen LogP contribution in [0.15, 0.2) is 60.8 Å². The monoisotopic (exact) mass is 447 g/mol. The molecule has 0 aliphatic carbocycles. The summed E-state index contributed by atoms with van der Waals surface area (Å²) in [6.45, 7) is 1.11. The lowest BCUT2D eigenvalue weighted by atomic mass is 10.00. The number of carbonyl (C=O) groups is 1. The molecule has 5 rings (SSSR count). The molecule has 2 heterocycles. The maximum atomic E-state index is 12.9.